The standard InChI is InChI=1S/C19H16N4.C18H22N2O3Si.C9H12N2.CH2O3.2K.NO3.H/c1-13-4-2-3-5-14(13)10-19-21-9-7-18(23-19)16-12-22-17-6-8-20-11-15(16)17;1-18(2,3)23-17(22)20-12-14(13-11-19-9-7-15(13)20)16(21)8-10-24(4,5)6;1-7-4-2-3-5-8(7)6-9(10)11;2-1-4-3;;;2-1(3)4;/h2-9,11-12,22H,10H2,1H3;7,9,11-12H,1-6H3;2-5H,6H2,1H3,(H3,10,11);1,3H;;;;/q;;;;2*+1;2*-1. The molecule has 0 aliphatic heterocycles. The number of hydrogen-bond acceptors (Lipinski definition) is 13. The largest absolute Gasteiger partial charge is 1.00 e. The van der Waals surface area contributed by atoms with Crippen molar-refractivity contribution in [2.24, 2.45) is 5.73 Å². The van der Waals surface area contributed by atoms with Gasteiger partial charge in [-0.3, -0.25) is 35.3 Å². The molecule has 2 aromatic carbocycles. The first-order chi connectivity index (χ1) is 31.1. The van der Waals surface area contributed by atoms with Gasteiger partial charge in [0.15, 0.2) is 0 Å². The number of amidine groups is 1. The second-order valence-electron chi connectivity index (χ2n) is 16.3. The maximum atomic E-state index is 12.5. The Morgan fingerprint density at radius 2 is 1.49 bits per heavy atom. The van der Waals surface area contributed by atoms with Crippen molar-refractivity contribution in [1.82, 2.24) is 29.5 Å². The van der Waals surface area contributed by atoms with Crippen LogP contribution in [0.2, 0.25) is 19.6 Å². The van der Waals surface area contributed by atoms with Gasteiger partial charge in [0.05, 0.1) is 28.3 Å². The van der Waals surface area contributed by atoms with Crippen LogP contribution in [0.4, 0.5) is 4.79 Å². The third kappa shape index (κ3) is 21.2. The third-order valence-corrected chi connectivity index (χ3v) is 9.64. The fourth-order valence-electron chi connectivity index (χ4n) is 5.84. The summed E-state index contributed by atoms with van der Waals surface area (Å²) in [6.45, 7) is 15.6. The minimum absolute atomic E-state index is 0. The van der Waals surface area contributed by atoms with E-state index < -0.39 is 24.9 Å². The molecule has 346 valence electrons. The SMILES string of the molecule is CC(C)(C)OC(=O)n1cc(C(=O)C#C[Si](C)(C)C)c2cnccc21.Cc1ccccc1CC(N)=[NH2+].Cc1ccccc1Cc1nccc(-c2c[nH]c3ccncc23)n1.O=CO[O-].O=[N+]([O-])[O-].[H-].[K+].[K+]. The molecule has 5 N–H and O–H groups in total. The molecule has 5 aromatic heterocycles. The number of aromatic nitrogens is 6. The molecule has 0 fully saturated rings. The number of Topliss-reactive ketones (excluding diaryl/α,β-unsaturated/α-hetero) is 1. The molecule has 0 aliphatic rings. The van der Waals surface area contributed by atoms with Gasteiger partial charge >= 0.3 is 109 Å². The van der Waals surface area contributed by atoms with Crippen LogP contribution in [0, 0.1) is 40.6 Å². The summed E-state index contributed by atoms with van der Waals surface area (Å²) in [6, 6.07) is 22.0. The summed E-state index contributed by atoms with van der Waals surface area (Å²) in [6.07, 6.45) is 13.0. The number of rotatable bonds is 7. The van der Waals surface area contributed by atoms with E-state index in [1.54, 1.807) is 45.4 Å². The smallest absolute Gasteiger partial charge is 1.00 e. The van der Waals surface area contributed by atoms with Crippen LogP contribution in [-0.4, -0.2) is 72.4 Å². The number of nitrogens with two attached hydrogens (primary N) is 2. The molecule has 0 amide bonds. The average molecular weight is 994 g/mol. The van der Waals surface area contributed by atoms with E-state index in [-0.39, 0.29) is 116 Å². The number of carbonyl (C=O) groups is 3. The summed E-state index contributed by atoms with van der Waals surface area (Å²) < 4.78 is 6.74. The monoisotopic (exact) mass is 993 g/mol. The summed E-state index contributed by atoms with van der Waals surface area (Å²) in [5.41, 5.74) is 16.8. The van der Waals surface area contributed by atoms with Crippen LogP contribution >= 0.6 is 0 Å². The molecular weight excluding hydrogens is 941 g/mol. The molecule has 0 atom stereocenters. The molecule has 7 aromatic rings. The molecule has 0 aliphatic carbocycles. The maximum Gasteiger partial charge on any atom is 1.00 e. The number of ketones is 1. The quantitative estimate of drug-likeness (QED) is 0.0214. The number of nitrogens with zero attached hydrogens (tertiary/aromatic N) is 6. The van der Waals surface area contributed by atoms with Gasteiger partial charge < -0.3 is 36.6 Å². The number of ether oxygens (including phenoxy) is 1. The second kappa shape index (κ2) is 29.9. The van der Waals surface area contributed by atoms with Gasteiger partial charge in [0.2, 0.25) is 11.6 Å². The molecule has 68 heavy (non-hydrogen) atoms. The van der Waals surface area contributed by atoms with Gasteiger partial charge in [-0.1, -0.05) is 68.2 Å². The van der Waals surface area contributed by atoms with E-state index in [9.17, 15) is 9.59 Å². The predicted molar refractivity (Wildman–Crippen MR) is 253 cm³/mol. The van der Waals surface area contributed by atoms with Crippen LogP contribution in [-0.2, 0) is 27.3 Å². The van der Waals surface area contributed by atoms with E-state index in [2.05, 4.69) is 100 Å². The second-order valence-corrected chi connectivity index (χ2v) is 21.0. The summed E-state index contributed by atoms with van der Waals surface area (Å²) >= 11 is 0. The number of H-pyrrole nitrogens is 1. The number of carbonyl (C=O) groups excluding carboxylic acids is 3. The van der Waals surface area contributed by atoms with E-state index in [0.29, 0.717) is 28.7 Å². The van der Waals surface area contributed by atoms with Crippen LogP contribution in [0.5, 0.6) is 0 Å². The van der Waals surface area contributed by atoms with Gasteiger partial charge in [0, 0.05) is 71.7 Å². The average Bonchev–Trinajstić information content (AvgIpc) is 3.87. The normalized spacial score (nSPS) is 10.1. The van der Waals surface area contributed by atoms with E-state index >= 15 is 0 Å². The Morgan fingerprint density at radius 3 is 2.03 bits per heavy atom. The van der Waals surface area contributed by atoms with Gasteiger partial charge in [-0.05, 0) is 81.0 Å². The molecule has 18 nitrogen and oxygen atoms in total. The van der Waals surface area contributed by atoms with Crippen LogP contribution in [0.3, 0.4) is 0 Å². The molecule has 0 saturated carbocycles. The van der Waals surface area contributed by atoms with Crippen molar-refractivity contribution in [3.05, 3.63) is 159 Å². The molecule has 0 spiro atoms. The maximum absolute atomic E-state index is 12.5. The van der Waals surface area contributed by atoms with E-state index in [0.717, 1.165) is 34.4 Å². The van der Waals surface area contributed by atoms with Crippen molar-refractivity contribution in [1.29, 1.82) is 0 Å². The topological polar surface area (TPSA) is 283 Å². The van der Waals surface area contributed by atoms with Gasteiger partial charge in [0.25, 0.3) is 6.47 Å². The number of aromatic amines is 1. The number of fused-ring (bicyclic) bond motifs is 2. The molecule has 0 radical (unpaired) electrons. The Balaban J connectivity index is 0.000000954. The van der Waals surface area contributed by atoms with Crippen LogP contribution in [0.1, 0.15) is 60.6 Å². The minimum atomic E-state index is -1.75. The van der Waals surface area contributed by atoms with Crippen molar-refractivity contribution >= 4 is 54.1 Å². The van der Waals surface area contributed by atoms with Crippen molar-refractivity contribution in [3.63, 3.8) is 0 Å². The Labute approximate surface area is 481 Å². The fourth-order valence-corrected chi connectivity index (χ4v) is 6.33. The minimum Gasteiger partial charge on any atom is -1.00 e. The van der Waals surface area contributed by atoms with Gasteiger partial charge in [-0.15, -0.1) is 5.54 Å². The van der Waals surface area contributed by atoms with Crippen molar-refractivity contribution in [2.45, 2.75) is 72.7 Å². The third-order valence-electron chi connectivity index (χ3n) is 8.76. The summed E-state index contributed by atoms with van der Waals surface area (Å²) in [5, 5.41) is 30.2. The van der Waals surface area contributed by atoms with Gasteiger partial charge in [0.1, 0.15) is 19.5 Å². The number of pyridine rings is 2. The van der Waals surface area contributed by atoms with Gasteiger partial charge in [-0.2, -0.15) is 0 Å². The fraction of sp³-hybridized carbons (Fsp3) is 0.234. The van der Waals surface area contributed by atoms with Crippen LogP contribution < -0.4 is 119 Å². The molecule has 21 heteroatoms. The molecule has 7 rings (SSSR count). The van der Waals surface area contributed by atoms with E-state index in [4.69, 9.17) is 46.2 Å². The molecule has 0 saturated heterocycles. The predicted octanol–water partition coefficient (Wildman–Crippen LogP) is -0.228. The Morgan fingerprint density at radius 1 is 0.926 bits per heavy atom. The van der Waals surface area contributed by atoms with Crippen LogP contribution in [0.25, 0.3) is 33.1 Å². The molecule has 0 bridgehead atoms. The van der Waals surface area contributed by atoms with E-state index in [1.807, 2.05) is 48.9 Å². The Bertz CT molecular complexity index is 2850. The van der Waals surface area contributed by atoms with Crippen LogP contribution in [0.15, 0.2) is 110 Å². The summed E-state index contributed by atoms with van der Waals surface area (Å²) in [4.78, 5) is 65.1. The first-order valence-corrected chi connectivity index (χ1v) is 23.6. The van der Waals surface area contributed by atoms with E-state index in [1.165, 1.54) is 33.0 Å². The first kappa shape index (κ1) is 61.2. The number of benzene rings is 2. The van der Waals surface area contributed by atoms with Crippen molar-refractivity contribution in [3.8, 4) is 22.7 Å². The number of aryl methyl sites for hydroxylation is 2. The molecule has 0 unspecified atom stereocenters. The first-order valence-electron chi connectivity index (χ1n) is 20.1. The molecule has 5 heterocycles. The van der Waals surface area contributed by atoms with Crippen molar-refractivity contribution < 1.29 is 144 Å². The molecular formula is C47H53K2N9O9Si. The Kier molecular flexibility index (Phi) is 26.9. The zero-order chi connectivity index (χ0) is 49.0. The zero-order valence-electron chi connectivity index (χ0n) is 40.9. The number of nitrogens with one attached hydrogen (secondary N) is 1. The Hall–Kier alpha value is -4.81. The zero-order valence-corrected chi connectivity index (χ0v) is 47.1. The van der Waals surface area contributed by atoms with Crippen molar-refractivity contribution in [2.75, 3.05) is 0 Å². The summed E-state index contributed by atoms with van der Waals surface area (Å²) in [7, 11) is -1.66. The number of hydrogen-bond donors (Lipinski definition) is 3. The summed E-state index contributed by atoms with van der Waals surface area (Å²) in [5.74, 6) is 3.70. The van der Waals surface area contributed by atoms with Gasteiger partial charge in [-0.25, -0.2) is 14.8 Å².